The molecule has 4 rings (SSSR count). The zero-order valence-electron chi connectivity index (χ0n) is 33.9. The van der Waals surface area contributed by atoms with E-state index >= 15 is 0 Å². The number of aromatic nitrogens is 1. The topological polar surface area (TPSA) is 175 Å². The lowest BCUT2D eigenvalue weighted by Crippen LogP contribution is -2.51. The maximum atomic E-state index is 14.7. The van der Waals surface area contributed by atoms with E-state index in [0.717, 1.165) is 41.5 Å². The molecule has 0 saturated carbocycles. The number of nitrogens with one attached hydrogen (secondary N) is 2. The molecular formula is C42H59N3O9S4. The van der Waals surface area contributed by atoms with Crippen molar-refractivity contribution >= 4 is 57.3 Å². The summed E-state index contributed by atoms with van der Waals surface area (Å²) in [5.41, 5.74) is 2.76. The van der Waals surface area contributed by atoms with Crippen molar-refractivity contribution in [2.75, 3.05) is 38.9 Å². The predicted octanol–water partition coefficient (Wildman–Crippen LogP) is 7.88. The lowest BCUT2D eigenvalue weighted by Gasteiger charge is -2.30. The Hall–Kier alpha value is -3.25. The van der Waals surface area contributed by atoms with E-state index in [2.05, 4.69) is 12.2 Å². The molecule has 0 fully saturated rings. The summed E-state index contributed by atoms with van der Waals surface area (Å²) in [6.45, 7) is 1.65. The molecule has 320 valence electrons. The molecule has 16 heteroatoms. The summed E-state index contributed by atoms with van der Waals surface area (Å²) in [5, 5.41) is 2.97. The molecule has 0 aliphatic carbocycles. The molecule has 0 spiro atoms. The molecular weight excluding hydrogens is 819 g/mol. The summed E-state index contributed by atoms with van der Waals surface area (Å²) in [4.78, 5) is 19.3. The standard InChI is InChI=1S/C42H59N3O9S4/c1-4-5-6-7-8-9-10-11-12-13-14-18-26-42(56(47,48)29-27-53-2,41-44-38-32-36(24-25-39(38)55-41)35-21-16-15-17-22-35)40(46)43-33-34-20-19-23-37(31-34)58(51,52)45-57(49,50)30-28-54-3/h15-17,19-25,31-32,45H,4-14,18,26-30,33H2,1-3H3,(H,43,46). The second-order valence-corrected chi connectivity index (χ2v) is 21.7. The van der Waals surface area contributed by atoms with Crippen molar-refractivity contribution in [3.05, 3.63) is 83.4 Å². The largest absolute Gasteiger partial charge is 0.384 e. The minimum atomic E-state index is -4.51. The van der Waals surface area contributed by atoms with Crippen LogP contribution >= 0.6 is 11.3 Å². The Morgan fingerprint density at radius 3 is 1.97 bits per heavy atom. The highest BCUT2D eigenvalue weighted by molar-refractivity contribution is 8.04. The molecule has 1 aromatic heterocycles. The van der Waals surface area contributed by atoms with Gasteiger partial charge in [-0.2, -0.15) is 0 Å². The molecule has 12 nitrogen and oxygen atoms in total. The maximum Gasteiger partial charge on any atom is 0.253 e. The van der Waals surface area contributed by atoms with Gasteiger partial charge in [0.2, 0.25) is 20.7 Å². The summed E-state index contributed by atoms with van der Waals surface area (Å²) in [6, 6.07) is 21.0. The second kappa shape index (κ2) is 22.9. The first kappa shape index (κ1) is 47.4. The first-order chi connectivity index (χ1) is 27.8. The van der Waals surface area contributed by atoms with Crippen LogP contribution in [-0.4, -0.2) is 75.1 Å². The van der Waals surface area contributed by atoms with Crippen molar-refractivity contribution in [1.29, 1.82) is 0 Å². The third-order valence-corrected chi connectivity index (χ3v) is 17.3. The molecule has 3 aromatic carbocycles. The van der Waals surface area contributed by atoms with Crippen molar-refractivity contribution in [1.82, 2.24) is 14.4 Å². The van der Waals surface area contributed by atoms with Crippen LogP contribution in [0.4, 0.5) is 0 Å². The predicted molar refractivity (Wildman–Crippen MR) is 232 cm³/mol. The summed E-state index contributed by atoms with van der Waals surface area (Å²) in [5.74, 6) is -1.75. The number of sulfonamides is 2. The molecule has 4 aromatic rings. The number of hydrogen-bond donors (Lipinski definition) is 2. The molecule has 0 aliphatic rings. The van der Waals surface area contributed by atoms with E-state index < -0.39 is 52.0 Å². The van der Waals surface area contributed by atoms with E-state index in [1.165, 1.54) is 88.7 Å². The molecule has 1 amide bonds. The number of fused-ring (bicyclic) bond motifs is 1. The van der Waals surface area contributed by atoms with Crippen LogP contribution < -0.4 is 9.44 Å². The number of unbranched alkanes of at least 4 members (excludes halogenated alkanes) is 11. The Balaban J connectivity index is 1.63. The average molecular weight is 878 g/mol. The van der Waals surface area contributed by atoms with Crippen molar-refractivity contribution < 1.29 is 39.5 Å². The smallest absolute Gasteiger partial charge is 0.253 e. The number of carbonyl (C=O) groups is 1. The van der Waals surface area contributed by atoms with Gasteiger partial charge in [-0.05, 0) is 47.4 Å². The number of amides is 1. The first-order valence-corrected chi connectivity index (χ1v) is 25.7. The van der Waals surface area contributed by atoms with Gasteiger partial charge in [0, 0.05) is 20.8 Å². The highest BCUT2D eigenvalue weighted by Gasteiger charge is 2.53. The van der Waals surface area contributed by atoms with Crippen LogP contribution in [0.25, 0.3) is 21.3 Å². The van der Waals surface area contributed by atoms with Gasteiger partial charge in [-0.3, -0.25) is 4.79 Å². The van der Waals surface area contributed by atoms with Gasteiger partial charge in [0.05, 0.1) is 39.8 Å². The van der Waals surface area contributed by atoms with Gasteiger partial charge in [-0.1, -0.05) is 133 Å². The van der Waals surface area contributed by atoms with Gasteiger partial charge in [0.1, 0.15) is 5.01 Å². The summed E-state index contributed by atoms with van der Waals surface area (Å²) in [7, 11) is -10.3. The highest BCUT2D eigenvalue weighted by Crippen LogP contribution is 2.42. The Morgan fingerprint density at radius 1 is 0.707 bits per heavy atom. The summed E-state index contributed by atoms with van der Waals surface area (Å²) < 4.78 is 90.5. The number of hydrogen-bond acceptors (Lipinski definition) is 11. The molecule has 0 aliphatic heterocycles. The minimum Gasteiger partial charge on any atom is -0.384 e. The average Bonchev–Trinajstić information content (AvgIpc) is 3.64. The van der Waals surface area contributed by atoms with Gasteiger partial charge in [-0.25, -0.2) is 30.2 Å². The third-order valence-electron chi connectivity index (χ3n) is 10.1. The maximum absolute atomic E-state index is 14.7. The zero-order valence-corrected chi connectivity index (χ0v) is 37.2. The Labute approximate surface area is 349 Å². The number of nitrogens with zero attached hydrogens (tertiary/aromatic N) is 1. The Morgan fingerprint density at radius 2 is 1.33 bits per heavy atom. The molecule has 1 atom stereocenters. The fourth-order valence-corrected chi connectivity index (χ4v) is 13.3. The lowest BCUT2D eigenvalue weighted by molar-refractivity contribution is -0.124. The highest BCUT2D eigenvalue weighted by atomic mass is 32.3. The molecule has 58 heavy (non-hydrogen) atoms. The monoisotopic (exact) mass is 877 g/mol. The van der Waals surface area contributed by atoms with E-state index in [9.17, 15) is 30.0 Å². The third kappa shape index (κ3) is 13.4. The molecule has 2 N–H and O–H groups in total. The Bertz CT molecular complexity index is 2230. The first-order valence-electron chi connectivity index (χ1n) is 20.1. The van der Waals surface area contributed by atoms with E-state index in [4.69, 9.17) is 14.5 Å². The zero-order chi connectivity index (χ0) is 42.1. The van der Waals surface area contributed by atoms with Gasteiger partial charge < -0.3 is 14.8 Å². The Kier molecular flexibility index (Phi) is 18.8. The van der Waals surface area contributed by atoms with Gasteiger partial charge in [0.25, 0.3) is 10.0 Å². The van der Waals surface area contributed by atoms with Gasteiger partial charge in [-0.15, -0.1) is 15.5 Å². The van der Waals surface area contributed by atoms with Crippen molar-refractivity contribution in [3.63, 3.8) is 0 Å². The van der Waals surface area contributed by atoms with Crippen LogP contribution in [0.2, 0.25) is 0 Å². The molecule has 1 heterocycles. The number of rotatable bonds is 28. The van der Waals surface area contributed by atoms with Crippen LogP contribution in [0.1, 0.15) is 101 Å². The number of thiazole rings is 1. The van der Waals surface area contributed by atoms with Crippen LogP contribution in [0, 0.1) is 0 Å². The van der Waals surface area contributed by atoms with Crippen molar-refractivity contribution in [2.45, 2.75) is 107 Å². The van der Waals surface area contributed by atoms with Crippen LogP contribution in [0.5, 0.6) is 0 Å². The van der Waals surface area contributed by atoms with Crippen LogP contribution in [-0.2, 0) is 55.4 Å². The minimum absolute atomic E-state index is 0.00858. The molecule has 1 unspecified atom stereocenters. The SMILES string of the molecule is CCCCCCCCCCCCCCC(C(=O)NCc1cccc(S(=O)(=O)NS(=O)(=O)CCOC)c1)(c1nc2cc(-c3ccccc3)ccc2s1)S(=O)(=O)CCOC. The van der Waals surface area contributed by atoms with Gasteiger partial charge in [0.15, 0.2) is 9.84 Å². The molecule has 0 saturated heterocycles. The number of benzene rings is 3. The lowest BCUT2D eigenvalue weighted by atomic mass is 9.98. The number of methoxy groups -OCH3 is 2. The van der Waals surface area contributed by atoms with E-state index in [1.54, 1.807) is 10.2 Å². The van der Waals surface area contributed by atoms with Gasteiger partial charge >= 0.3 is 0 Å². The normalized spacial score (nSPS) is 13.4. The van der Waals surface area contributed by atoms with Crippen LogP contribution in [0.3, 0.4) is 0 Å². The quantitative estimate of drug-likeness (QED) is 0.0534. The summed E-state index contributed by atoms with van der Waals surface area (Å²) >= 11 is 1.17. The molecule has 0 radical (unpaired) electrons. The summed E-state index contributed by atoms with van der Waals surface area (Å²) in [6.07, 6.45) is 12.9. The van der Waals surface area contributed by atoms with Crippen molar-refractivity contribution in [2.24, 2.45) is 0 Å². The fraction of sp³-hybridized carbons (Fsp3) is 0.524. The second-order valence-electron chi connectivity index (χ2n) is 14.6. The van der Waals surface area contributed by atoms with E-state index in [-0.39, 0.29) is 36.1 Å². The van der Waals surface area contributed by atoms with E-state index in [1.807, 2.05) is 48.5 Å². The number of ether oxygens (including phenoxy) is 2. The molecule has 0 bridgehead atoms. The van der Waals surface area contributed by atoms with Crippen molar-refractivity contribution in [3.8, 4) is 11.1 Å². The van der Waals surface area contributed by atoms with E-state index in [0.29, 0.717) is 17.5 Å². The number of carbonyl (C=O) groups excluding carboxylic acids is 1. The number of sulfone groups is 1. The fourth-order valence-electron chi connectivity index (χ4n) is 6.84. The van der Waals surface area contributed by atoms with Crippen LogP contribution in [0.15, 0.2) is 77.7 Å².